The van der Waals surface area contributed by atoms with Crippen LogP contribution in [0.3, 0.4) is 0 Å². The van der Waals surface area contributed by atoms with E-state index in [2.05, 4.69) is 0 Å². The zero-order valence-corrected chi connectivity index (χ0v) is 14.0. The molecule has 4 heteroatoms. The molecule has 1 aliphatic rings. The van der Waals surface area contributed by atoms with E-state index in [1.165, 1.54) is 12.1 Å². The summed E-state index contributed by atoms with van der Waals surface area (Å²) in [5.74, 6) is -1.21. The number of carboxylic acid groups (broad SMARTS) is 1. The summed E-state index contributed by atoms with van der Waals surface area (Å²) in [5.41, 5.74) is 3.16. The molecule has 0 spiro atoms. The zero-order valence-electron chi connectivity index (χ0n) is 14.0. The van der Waals surface area contributed by atoms with Gasteiger partial charge >= 0.3 is 5.97 Å². The molecule has 3 rings (SSSR count). The minimum absolute atomic E-state index is 0.169. The molecule has 1 atom stereocenters. The Morgan fingerprint density at radius 1 is 1.12 bits per heavy atom. The second-order valence-corrected chi connectivity index (χ2v) is 6.03. The standard InChI is InChI=1S/C21H20FNO2/c1-15(23-14-6-2-3-9-20(23)21(24)25)18-7-4-5-8-19(18)16-10-12-17(22)13-11-16/h4-15H,2-3H2,1H3,(H,24,25). The highest BCUT2D eigenvalue weighted by molar-refractivity contribution is 5.86. The van der Waals surface area contributed by atoms with Crippen LogP contribution in [0, 0.1) is 5.82 Å². The topological polar surface area (TPSA) is 40.5 Å². The van der Waals surface area contributed by atoms with Gasteiger partial charge < -0.3 is 10.0 Å². The maximum atomic E-state index is 13.2. The van der Waals surface area contributed by atoms with E-state index in [4.69, 9.17) is 0 Å². The lowest BCUT2D eigenvalue weighted by Gasteiger charge is -2.29. The first-order chi connectivity index (χ1) is 12.1. The van der Waals surface area contributed by atoms with Crippen molar-refractivity contribution in [3.05, 3.63) is 84.0 Å². The smallest absolute Gasteiger partial charge is 0.352 e. The number of nitrogens with zero attached hydrogens (tertiary/aromatic N) is 1. The first-order valence-corrected chi connectivity index (χ1v) is 8.31. The van der Waals surface area contributed by atoms with Gasteiger partial charge in [0.25, 0.3) is 0 Å². The van der Waals surface area contributed by atoms with E-state index < -0.39 is 5.97 Å². The molecule has 1 unspecified atom stereocenters. The lowest BCUT2D eigenvalue weighted by atomic mass is 9.94. The highest BCUT2D eigenvalue weighted by Gasteiger charge is 2.24. The van der Waals surface area contributed by atoms with Crippen LogP contribution in [0.15, 0.2) is 72.6 Å². The van der Waals surface area contributed by atoms with E-state index in [-0.39, 0.29) is 17.6 Å². The number of carboxylic acids is 1. The summed E-state index contributed by atoms with van der Waals surface area (Å²) in [7, 11) is 0. The summed E-state index contributed by atoms with van der Waals surface area (Å²) in [6.45, 7) is 1.98. The third-order valence-electron chi connectivity index (χ3n) is 4.42. The fourth-order valence-electron chi connectivity index (χ4n) is 3.13. The van der Waals surface area contributed by atoms with Gasteiger partial charge in [-0.25, -0.2) is 9.18 Å². The molecule has 0 aromatic heterocycles. The third kappa shape index (κ3) is 3.63. The van der Waals surface area contributed by atoms with Gasteiger partial charge in [0.2, 0.25) is 0 Å². The lowest BCUT2D eigenvalue weighted by molar-refractivity contribution is -0.134. The largest absolute Gasteiger partial charge is 0.477 e. The first-order valence-electron chi connectivity index (χ1n) is 8.31. The van der Waals surface area contributed by atoms with E-state index in [0.717, 1.165) is 23.1 Å². The van der Waals surface area contributed by atoms with Gasteiger partial charge in [-0.2, -0.15) is 0 Å². The molecule has 1 N–H and O–H groups in total. The minimum atomic E-state index is -0.933. The van der Waals surface area contributed by atoms with E-state index in [1.807, 2.05) is 43.5 Å². The van der Waals surface area contributed by atoms with Gasteiger partial charge in [-0.1, -0.05) is 48.6 Å². The predicted octanol–water partition coefficient (Wildman–Crippen LogP) is 5.13. The summed E-state index contributed by atoms with van der Waals surface area (Å²) in [6, 6.07) is 14.0. The van der Waals surface area contributed by atoms with Crippen LogP contribution in [0.4, 0.5) is 4.39 Å². The average Bonchev–Trinajstić information content (AvgIpc) is 2.88. The van der Waals surface area contributed by atoms with Crippen LogP contribution in [0.5, 0.6) is 0 Å². The van der Waals surface area contributed by atoms with E-state index in [0.29, 0.717) is 6.42 Å². The molecule has 1 heterocycles. The number of halogens is 1. The summed E-state index contributed by atoms with van der Waals surface area (Å²) in [4.78, 5) is 13.4. The number of hydrogen-bond acceptors (Lipinski definition) is 2. The summed E-state index contributed by atoms with van der Waals surface area (Å²) >= 11 is 0. The van der Waals surface area contributed by atoms with Crippen molar-refractivity contribution >= 4 is 5.97 Å². The van der Waals surface area contributed by atoms with Crippen molar-refractivity contribution in [3.63, 3.8) is 0 Å². The molecule has 0 amide bonds. The second kappa shape index (κ2) is 7.34. The quantitative estimate of drug-likeness (QED) is 0.840. The predicted molar refractivity (Wildman–Crippen MR) is 96.2 cm³/mol. The number of aliphatic carboxylic acids is 1. The van der Waals surface area contributed by atoms with Crippen LogP contribution in [-0.4, -0.2) is 16.0 Å². The van der Waals surface area contributed by atoms with E-state index in [1.54, 1.807) is 23.1 Å². The molecule has 0 saturated carbocycles. The third-order valence-corrected chi connectivity index (χ3v) is 4.42. The SMILES string of the molecule is CC(c1ccccc1-c1ccc(F)cc1)N1C=CCCC=C1C(=O)O. The molecule has 0 aliphatic carbocycles. The van der Waals surface area contributed by atoms with Crippen molar-refractivity contribution in [3.8, 4) is 11.1 Å². The lowest BCUT2D eigenvalue weighted by Crippen LogP contribution is -2.25. The zero-order chi connectivity index (χ0) is 17.8. The summed E-state index contributed by atoms with van der Waals surface area (Å²) in [6.07, 6.45) is 7.13. The van der Waals surface area contributed by atoms with Gasteiger partial charge in [-0.05, 0) is 48.6 Å². The monoisotopic (exact) mass is 337 g/mol. The Bertz CT molecular complexity index is 824. The van der Waals surface area contributed by atoms with Gasteiger partial charge in [0.05, 0.1) is 6.04 Å². The molecule has 0 bridgehead atoms. The normalized spacial score (nSPS) is 15.4. The molecule has 3 nitrogen and oxygen atoms in total. The van der Waals surface area contributed by atoms with Crippen LogP contribution in [-0.2, 0) is 4.79 Å². The number of carbonyl (C=O) groups is 1. The highest BCUT2D eigenvalue weighted by atomic mass is 19.1. The number of allylic oxidation sites excluding steroid dienone is 2. The fraction of sp³-hybridized carbons (Fsp3) is 0.190. The Balaban J connectivity index is 2.04. The second-order valence-electron chi connectivity index (χ2n) is 6.03. The van der Waals surface area contributed by atoms with Crippen LogP contribution in [0.2, 0.25) is 0 Å². The number of rotatable bonds is 4. The summed E-state index contributed by atoms with van der Waals surface area (Å²) in [5, 5.41) is 9.56. The maximum Gasteiger partial charge on any atom is 0.352 e. The Kier molecular flexibility index (Phi) is 4.98. The molecule has 2 aromatic rings. The molecular weight excluding hydrogens is 317 g/mol. The van der Waals surface area contributed by atoms with Crippen LogP contribution < -0.4 is 0 Å². The van der Waals surface area contributed by atoms with Gasteiger partial charge in [0, 0.05) is 6.20 Å². The molecule has 0 fully saturated rings. The first kappa shape index (κ1) is 17.0. The molecular formula is C21H20FNO2. The highest BCUT2D eigenvalue weighted by Crippen LogP contribution is 2.34. The Morgan fingerprint density at radius 3 is 2.56 bits per heavy atom. The van der Waals surface area contributed by atoms with Crippen molar-refractivity contribution < 1.29 is 14.3 Å². The average molecular weight is 337 g/mol. The van der Waals surface area contributed by atoms with Crippen LogP contribution in [0.1, 0.15) is 31.4 Å². The van der Waals surface area contributed by atoms with Gasteiger partial charge in [-0.3, -0.25) is 0 Å². The van der Waals surface area contributed by atoms with Crippen molar-refractivity contribution in [1.82, 2.24) is 4.90 Å². The number of benzene rings is 2. The van der Waals surface area contributed by atoms with Crippen molar-refractivity contribution in [2.24, 2.45) is 0 Å². The van der Waals surface area contributed by atoms with E-state index >= 15 is 0 Å². The molecule has 0 saturated heterocycles. The number of hydrogen-bond donors (Lipinski definition) is 1. The fourth-order valence-corrected chi connectivity index (χ4v) is 3.13. The van der Waals surface area contributed by atoms with Gasteiger partial charge in [-0.15, -0.1) is 0 Å². The van der Waals surface area contributed by atoms with Crippen LogP contribution >= 0.6 is 0 Å². The van der Waals surface area contributed by atoms with Crippen molar-refractivity contribution in [2.75, 3.05) is 0 Å². The maximum absolute atomic E-state index is 13.2. The minimum Gasteiger partial charge on any atom is -0.477 e. The Hall–Kier alpha value is -2.88. The Morgan fingerprint density at radius 2 is 1.84 bits per heavy atom. The van der Waals surface area contributed by atoms with E-state index in [9.17, 15) is 14.3 Å². The van der Waals surface area contributed by atoms with Crippen molar-refractivity contribution in [1.29, 1.82) is 0 Å². The van der Waals surface area contributed by atoms with Gasteiger partial charge in [0.1, 0.15) is 11.5 Å². The molecule has 2 aromatic carbocycles. The van der Waals surface area contributed by atoms with Gasteiger partial charge in [0.15, 0.2) is 0 Å². The van der Waals surface area contributed by atoms with Crippen molar-refractivity contribution in [2.45, 2.75) is 25.8 Å². The molecule has 25 heavy (non-hydrogen) atoms. The molecule has 128 valence electrons. The van der Waals surface area contributed by atoms with Crippen LogP contribution in [0.25, 0.3) is 11.1 Å². The summed E-state index contributed by atoms with van der Waals surface area (Å²) < 4.78 is 13.2. The molecule has 0 radical (unpaired) electrons. The Labute approximate surface area is 146 Å². The molecule has 1 aliphatic heterocycles.